The minimum absolute atomic E-state index is 0.582. The van der Waals surface area contributed by atoms with Crippen LogP contribution in [0.15, 0.2) is 23.2 Å². The molecule has 0 bridgehead atoms. The maximum absolute atomic E-state index is 5.87. The quantitative estimate of drug-likeness (QED) is 0.320. The maximum atomic E-state index is 5.87. The number of ether oxygens (including phenoxy) is 3. The summed E-state index contributed by atoms with van der Waals surface area (Å²) in [5, 5.41) is 6.62. The Labute approximate surface area is 158 Å². The van der Waals surface area contributed by atoms with Gasteiger partial charge in [0.2, 0.25) is 0 Å². The summed E-state index contributed by atoms with van der Waals surface area (Å²) in [5.41, 5.74) is 2.30. The molecule has 6 nitrogen and oxygen atoms in total. The SMILES string of the molecule is CCCOc1cc(C)ccc1CN=C(NCC)NCCCOCCOC. The number of hydrogen-bond acceptors (Lipinski definition) is 4. The molecule has 0 fully saturated rings. The minimum Gasteiger partial charge on any atom is -0.493 e. The number of nitrogens with one attached hydrogen (secondary N) is 2. The van der Waals surface area contributed by atoms with E-state index in [1.165, 1.54) is 5.56 Å². The standard InChI is InChI=1S/C20H35N3O3/c1-5-11-26-19-15-17(3)8-9-18(19)16-23-20(21-6-2)22-10-7-12-25-14-13-24-4/h8-9,15H,5-7,10-14,16H2,1-4H3,(H2,21,22,23). The number of benzene rings is 1. The van der Waals surface area contributed by atoms with Crippen LogP contribution in [0.25, 0.3) is 0 Å². The van der Waals surface area contributed by atoms with Crippen molar-refractivity contribution in [2.45, 2.75) is 40.2 Å². The molecule has 0 saturated heterocycles. The van der Waals surface area contributed by atoms with Crippen LogP contribution < -0.4 is 15.4 Å². The van der Waals surface area contributed by atoms with E-state index >= 15 is 0 Å². The Balaban J connectivity index is 2.52. The first-order valence-electron chi connectivity index (χ1n) is 9.52. The second-order valence-electron chi connectivity index (χ2n) is 6.04. The van der Waals surface area contributed by atoms with Gasteiger partial charge in [-0.2, -0.15) is 0 Å². The van der Waals surface area contributed by atoms with Gasteiger partial charge in [-0.05, 0) is 38.3 Å². The van der Waals surface area contributed by atoms with E-state index in [2.05, 4.69) is 54.6 Å². The van der Waals surface area contributed by atoms with E-state index in [9.17, 15) is 0 Å². The first-order valence-corrected chi connectivity index (χ1v) is 9.52. The smallest absolute Gasteiger partial charge is 0.191 e. The van der Waals surface area contributed by atoms with Gasteiger partial charge in [0.05, 0.1) is 26.4 Å². The summed E-state index contributed by atoms with van der Waals surface area (Å²) in [6.07, 6.45) is 1.91. The van der Waals surface area contributed by atoms with Gasteiger partial charge in [0.25, 0.3) is 0 Å². The van der Waals surface area contributed by atoms with Crippen molar-refractivity contribution in [3.8, 4) is 5.75 Å². The fraction of sp³-hybridized carbons (Fsp3) is 0.650. The molecule has 0 radical (unpaired) electrons. The molecule has 0 saturated carbocycles. The van der Waals surface area contributed by atoms with Crippen LogP contribution in [0.2, 0.25) is 0 Å². The average Bonchev–Trinajstić information content (AvgIpc) is 2.64. The first kappa shape index (κ1) is 22.3. The molecule has 0 atom stereocenters. The van der Waals surface area contributed by atoms with Crippen LogP contribution in [0.1, 0.15) is 37.8 Å². The molecule has 0 aliphatic carbocycles. The van der Waals surface area contributed by atoms with E-state index in [-0.39, 0.29) is 0 Å². The van der Waals surface area contributed by atoms with Crippen molar-refractivity contribution in [3.05, 3.63) is 29.3 Å². The highest BCUT2D eigenvalue weighted by Crippen LogP contribution is 2.21. The highest BCUT2D eigenvalue weighted by molar-refractivity contribution is 5.79. The normalized spacial score (nSPS) is 11.5. The molecule has 0 heterocycles. The van der Waals surface area contributed by atoms with Gasteiger partial charge in [-0.25, -0.2) is 4.99 Å². The summed E-state index contributed by atoms with van der Waals surface area (Å²) in [6.45, 7) is 11.2. The lowest BCUT2D eigenvalue weighted by Gasteiger charge is -2.13. The van der Waals surface area contributed by atoms with Crippen LogP contribution in [0.5, 0.6) is 5.75 Å². The molecule has 0 aromatic heterocycles. The predicted octanol–water partition coefficient (Wildman–Crippen LogP) is 2.89. The van der Waals surface area contributed by atoms with Crippen molar-refractivity contribution >= 4 is 5.96 Å². The van der Waals surface area contributed by atoms with Crippen molar-refractivity contribution in [2.75, 3.05) is 46.6 Å². The minimum atomic E-state index is 0.582. The molecule has 0 amide bonds. The number of nitrogens with zero attached hydrogens (tertiary/aromatic N) is 1. The Hall–Kier alpha value is -1.79. The summed E-state index contributed by atoms with van der Waals surface area (Å²) >= 11 is 0. The van der Waals surface area contributed by atoms with Gasteiger partial charge in [0, 0.05) is 32.4 Å². The molecule has 0 spiro atoms. The van der Waals surface area contributed by atoms with E-state index in [1.807, 2.05) is 0 Å². The Bertz CT molecular complexity index is 521. The molecule has 1 aromatic rings. The zero-order valence-corrected chi connectivity index (χ0v) is 16.8. The highest BCUT2D eigenvalue weighted by Gasteiger charge is 2.05. The number of aryl methyl sites for hydroxylation is 1. The van der Waals surface area contributed by atoms with Gasteiger partial charge in [0.15, 0.2) is 5.96 Å². The zero-order valence-electron chi connectivity index (χ0n) is 16.8. The molecular weight excluding hydrogens is 330 g/mol. The molecule has 6 heteroatoms. The number of hydrogen-bond donors (Lipinski definition) is 2. The number of rotatable bonds is 13. The summed E-state index contributed by atoms with van der Waals surface area (Å²) in [4.78, 5) is 4.68. The van der Waals surface area contributed by atoms with Gasteiger partial charge in [-0.15, -0.1) is 0 Å². The second kappa shape index (κ2) is 14.4. The average molecular weight is 366 g/mol. The molecular formula is C20H35N3O3. The van der Waals surface area contributed by atoms with Gasteiger partial charge < -0.3 is 24.8 Å². The molecule has 1 rings (SSSR count). The van der Waals surface area contributed by atoms with Gasteiger partial charge >= 0.3 is 0 Å². The third kappa shape index (κ3) is 9.63. The largest absolute Gasteiger partial charge is 0.493 e. The number of aliphatic imine (C=N–C) groups is 1. The van der Waals surface area contributed by atoms with Crippen molar-refractivity contribution in [1.82, 2.24) is 10.6 Å². The van der Waals surface area contributed by atoms with Crippen LogP contribution in [-0.2, 0) is 16.0 Å². The van der Waals surface area contributed by atoms with E-state index < -0.39 is 0 Å². The second-order valence-corrected chi connectivity index (χ2v) is 6.04. The third-order valence-corrected chi connectivity index (χ3v) is 3.63. The molecule has 0 unspecified atom stereocenters. The Morgan fingerprint density at radius 1 is 1.08 bits per heavy atom. The van der Waals surface area contributed by atoms with E-state index in [1.54, 1.807) is 7.11 Å². The van der Waals surface area contributed by atoms with E-state index in [0.29, 0.717) is 26.4 Å². The van der Waals surface area contributed by atoms with Gasteiger partial charge in [0.1, 0.15) is 5.75 Å². The lowest BCUT2D eigenvalue weighted by Crippen LogP contribution is -2.38. The van der Waals surface area contributed by atoms with Crippen molar-refractivity contribution in [3.63, 3.8) is 0 Å². The first-order chi connectivity index (χ1) is 12.7. The summed E-state index contributed by atoms with van der Waals surface area (Å²) in [5.74, 6) is 1.74. The summed E-state index contributed by atoms with van der Waals surface area (Å²) in [7, 11) is 1.68. The third-order valence-electron chi connectivity index (χ3n) is 3.63. The Morgan fingerprint density at radius 2 is 1.92 bits per heavy atom. The number of guanidine groups is 1. The number of methoxy groups -OCH3 is 1. The molecule has 2 N–H and O–H groups in total. The highest BCUT2D eigenvalue weighted by atomic mass is 16.5. The molecule has 0 aliphatic heterocycles. The van der Waals surface area contributed by atoms with Gasteiger partial charge in [-0.1, -0.05) is 19.1 Å². The van der Waals surface area contributed by atoms with Crippen molar-refractivity contribution in [1.29, 1.82) is 0 Å². The summed E-state index contributed by atoms with van der Waals surface area (Å²) in [6, 6.07) is 6.27. The predicted molar refractivity (Wildman–Crippen MR) is 107 cm³/mol. The molecule has 1 aromatic carbocycles. The van der Waals surface area contributed by atoms with E-state index in [4.69, 9.17) is 14.2 Å². The zero-order chi connectivity index (χ0) is 19.0. The van der Waals surface area contributed by atoms with Crippen LogP contribution in [0, 0.1) is 6.92 Å². The molecule has 26 heavy (non-hydrogen) atoms. The lowest BCUT2D eigenvalue weighted by atomic mass is 10.1. The molecule has 0 aliphatic rings. The van der Waals surface area contributed by atoms with Crippen LogP contribution in [-0.4, -0.2) is 52.6 Å². The monoisotopic (exact) mass is 365 g/mol. The fourth-order valence-corrected chi connectivity index (χ4v) is 2.27. The summed E-state index contributed by atoms with van der Waals surface area (Å²) < 4.78 is 16.3. The maximum Gasteiger partial charge on any atom is 0.191 e. The van der Waals surface area contributed by atoms with E-state index in [0.717, 1.165) is 49.8 Å². The molecule has 148 valence electrons. The topological polar surface area (TPSA) is 64.1 Å². The van der Waals surface area contributed by atoms with Crippen molar-refractivity contribution < 1.29 is 14.2 Å². The van der Waals surface area contributed by atoms with Crippen molar-refractivity contribution in [2.24, 2.45) is 4.99 Å². The van der Waals surface area contributed by atoms with Gasteiger partial charge in [-0.3, -0.25) is 0 Å². The van der Waals surface area contributed by atoms with Crippen LogP contribution in [0.4, 0.5) is 0 Å². The lowest BCUT2D eigenvalue weighted by molar-refractivity contribution is 0.0698. The van der Waals surface area contributed by atoms with Crippen LogP contribution in [0.3, 0.4) is 0 Å². The van der Waals surface area contributed by atoms with Crippen LogP contribution >= 0.6 is 0 Å². The Morgan fingerprint density at radius 3 is 2.65 bits per heavy atom. The fourth-order valence-electron chi connectivity index (χ4n) is 2.27. The Kier molecular flexibility index (Phi) is 12.3.